The quantitative estimate of drug-likeness (QED) is 0.333. The van der Waals surface area contributed by atoms with Crippen LogP contribution in [-0.2, 0) is 32.7 Å². The summed E-state index contributed by atoms with van der Waals surface area (Å²) < 4.78 is 0. The standard InChI is InChI=1S/C6H6.2C4H10.C4H4.2C2H6.Y/c1-2-4-6-5-3-1;2*1-4(2)3;1-3-4-2;2*1-2;/h1-6H;2*4H,1-3H3;1-4H;2*1-2H3;/q;;;-2;;;. The normalized spacial score (nSPS) is 6.61. The van der Waals surface area contributed by atoms with Gasteiger partial charge in [-0.3, -0.25) is 0 Å². The third-order valence-corrected chi connectivity index (χ3v) is 0.778. The van der Waals surface area contributed by atoms with Crippen LogP contribution in [0.25, 0.3) is 0 Å². The van der Waals surface area contributed by atoms with E-state index in [0.717, 1.165) is 11.8 Å². The predicted molar refractivity (Wildman–Crippen MR) is 108 cm³/mol. The van der Waals surface area contributed by atoms with Gasteiger partial charge in [0.1, 0.15) is 0 Å². The van der Waals surface area contributed by atoms with Gasteiger partial charge in [-0.15, -0.1) is 0 Å². The summed E-state index contributed by atoms with van der Waals surface area (Å²) in [4.78, 5) is 0. The molecule has 0 atom stereocenters. The Balaban J connectivity index is -0.0000000392. The van der Waals surface area contributed by atoms with Crippen LogP contribution >= 0.6 is 0 Å². The fraction of sp³-hybridized carbons (Fsp3) is 0.545. The predicted octanol–water partition coefficient (Wildman–Crippen LogP) is 8.03. The molecule has 0 unspecified atom stereocenters. The first kappa shape index (κ1) is 38.4. The second-order valence-electron chi connectivity index (χ2n) is 5.00. The molecule has 0 amide bonds. The van der Waals surface area contributed by atoms with Gasteiger partial charge in [0.2, 0.25) is 0 Å². The molecule has 0 aliphatic rings. The summed E-state index contributed by atoms with van der Waals surface area (Å²) in [6, 6.07) is 12.0. The first-order valence-electron chi connectivity index (χ1n) is 8.46. The van der Waals surface area contributed by atoms with Crippen LogP contribution in [0, 0.1) is 25.0 Å². The van der Waals surface area contributed by atoms with Crippen LogP contribution in [0.15, 0.2) is 48.6 Å². The maximum absolute atomic E-state index is 4.72. The van der Waals surface area contributed by atoms with Crippen LogP contribution in [0.1, 0.15) is 69.2 Å². The smallest absolute Gasteiger partial charge is 0 e. The summed E-state index contributed by atoms with van der Waals surface area (Å²) in [7, 11) is 0. The molecule has 0 saturated carbocycles. The van der Waals surface area contributed by atoms with Crippen molar-refractivity contribution in [2.75, 3.05) is 0 Å². The molecule has 0 nitrogen and oxygen atoms in total. The Morgan fingerprint density at radius 1 is 0.522 bits per heavy atom. The number of rotatable bonds is 1. The molecule has 0 bridgehead atoms. The molecule has 0 fully saturated rings. The summed E-state index contributed by atoms with van der Waals surface area (Å²) in [6.45, 7) is 30.4. The second kappa shape index (κ2) is 49.5. The zero-order valence-electron chi connectivity index (χ0n) is 17.5. The Labute approximate surface area is 174 Å². The van der Waals surface area contributed by atoms with Crippen molar-refractivity contribution in [3.8, 4) is 0 Å². The Morgan fingerprint density at radius 2 is 0.609 bits per heavy atom. The molecule has 0 spiro atoms. The number of hydrogen-bond acceptors (Lipinski definition) is 0. The van der Waals surface area contributed by atoms with Gasteiger partial charge in [-0.05, 0) is 11.8 Å². The molecule has 1 heteroatoms. The van der Waals surface area contributed by atoms with E-state index < -0.39 is 0 Å². The Hall–Kier alpha value is -0.196. The summed E-state index contributed by atoms with van der Waals surface area (Å²) in [5, 5.41) is 0. The third kappa shape index (κ3) is 185. The minimum atomic E-state index is 0. The van der Waals surface area contributed by atoms with E-state index in [1.807, 2.05) is 64.1 Å². The minimum absolute atomic E-state index is 0. The van der Waals surface area contributed by atoms with Gasteiger partial charge < -0.3 is 25.3 Å². The van der Waals surface area contributed by atoms with Crippen molar-refractivity contribution in [2.45, 2.75) is 69.2 Å². The molecule has 23 heavy (non-hydrogen) atoms. The largest absolute Gasteiger partial charge is 0.394 e. The van der Waals surface area contributed by atoms with Crippen molar-refractivity contribution >= 4 is 0 Å². The molecule has 135 valence electrons. The summed E-state index contributed by atoms with van der Waals surface area (Å²) >= 11 is 0. The van der Waals surface area contributed by atoms with Crippen LogP contribution < -0.4 is 0 Å². The molecule has 0 heterocycles. The van der Waals surface area contributed by atoms with Crippen molar-refractivity contribution in [1.29, 1.82) is 0 Å². The molecule has 0 aliphatic heterocycles. The fourth-order valence-corrected chi connectivity index (χ4v) is 0.385. The minimum Gasteiger partial charge on any atom is -0.394 e. The molecule has 0 saturated heterocycles. The Kier molecular flexibility index (Phi) is 82.7. The maximum atomic E-state index is 4.72. The maximum Gasteiger partial charge on any atom is 0 e. The zero-order valence-corrected chi connectivity index (χ0v) is 20.3. The Morgan fingerprint density at radius 3 is 0.652 bits per heavy atom. The topological polar surface area (TPSA) is 0 Å². The first-order valence-corrected chi connectivity index (χ1v) is 8.46. The van der Waals surface area contributed by atoms with Crippen LogP contribution in [0.3, 0.4) is 0 Å². The fourth-order valence-electron chi connectivity index (χ4n) is 0.385. The van der Waals surface area contributed by atoms with Gasteiger partial charge in [0.25, 0.3) is 0 Å². The van der Waals surface area contributed by atoms with E-state index in [9.17, 15) is 0 Å². The van der Waals surface area contributed by atoms with Crippen LogP contribution in [0.2, 0.25) is 0 Å². The van der Waals surface area contributed by atoms with Crippen LogP contribution in [0.4, 0.5) is 0 Å². The average molecular weight is 395 g/mol. The van der Waals surface area contributed by atoms with Crippen molar-refractivity contribution in [3.05, 3.63) is 61.7 Å². The van der Waals surface area contributed by atoms with Gasteiger partial charge in [0.15, 0.2) is 0 Å². The molecule has 1 radical (unpaired) electrons. The van der Waals surface area contributed by atoms with Crippen LogP contribution in [0.5, 0.6) is 0 Å². The molecule has 1 aromatic carbocycles. The molecule has 1 aromatic rings. The Bertz CT molecular complexity index is 193. The SMILES string of the molecule is CC.CC.CC(C)C.CC(C)C.[CH-]=CC=[CH-].[Y].c1ccccc1. The first-order chi connectivity index (χ1) is 10.4. The van der Waals surface area contributed by atoms with Crippen molar-refractivity contribution in [3.63, 3.8) is 0 Å². The summed E-state index contributed by atoms with van der Waals surface area (Å²) in [5.41, 5.74) is 0. The van der Waals surface area contributed by atoms with Gasteiger partial charge in [-0.1, -0.05) is 106 Å². The van der Waals surface area contributed by atoms with E-state index >= 15 is 0 Å². The number of allylic oxidation sites excluding steroid dienone is 2. The molecular weight excluding hydrogens is 353 g/mol. The van der Waals surface area contributed by atoms with Gasteiger partial charge in [0, 0.05) is 32.7 Å². The van der Waals surface area contributed by atoms with Gasteiger partial charge in [-0.25, -0.2) is 0 Å². The summed E-state index contributed by atoms with van der Waals surface area (Å²) in [5.74, 6) is 1.67. The van der Waals surface area contributed by atoms with E-state index in [1.54, 1.807) is 0 Å². The van der Waals surface area contributed by atoms with E-state index in [1.165, 1.54) is 12.2 Å². The summed E-state index contributed by atoms with van der Waals surface area (Å²) in [6.07, 6.45) is 2.56. The van der Waals surface area contributed by atoms with Crippen LogP contribution in [-0.4, -0.2) is 0 Å². The van der Waals surface area contributed by atoms with Gasteiger partial charge in [0.05, 0.1) is 0 Å². The molecule has 1 rings (SSSR count). The number of hydrogen-bond donors (Lipinski definition) is 0. The van der Waals surface area contributed by atoms with E-state index in [0.29, 0.717) is 0 Å². The van der Waals surface area contributed by atoms with E-state index in [4.69, 9.17) is 13.2 Å². The zero-order chi connectivity index (χ0) is 18.8. The van der Waals surface area contributed by atoms with Crippen molar-refractivity contribution < 1.29 is 32.7 Å². The second-order valence-corrected chi connectivity index (χ2v) is 5.00. The van der Waals surface area contributed by atoms with Crippen molar-refractivity contribution in [2.24, 2.45) is 11.8 Å². The molecule has 0 aliphatic carbocycles. The number of benzene rings is 1. The average Bonchev–Trinajstić information content (AvgIpc) is 2.52. The van der Waals surface area contributed by atoms with Gasteiger partial charge in [-0.2, -0.15) is 0 Å². The van der Waals surface area contributed by atoms with Crippen molar-refractivity contribution in [1.82, 2.24) is 0 Å². The van der Waals surface area contributed by atoms with E-state index in [-0.39, 0.29) is 32.7 Å². The molecule has 0 aromatic heterocycles. The molecular formula is C22H42Y-2. The van der Waals surface area contributed by atoms with E-state index in [2.05, 4.69) is 41.5 Å². The molecule has 0 N–H and O–H groups in total. The monoisotopic (exact) mass is 395 g/mol. The van der Waals surface area contributed by atoms with Gasteiger partial charge >= 0.3 is 0 Å². The third-order valence-electron chi connectivity index (χ3n) is 0.778.